The molecule has 0 fully saturated rings. The van der Waals surface area contributed by atoms with Gasteiger partial charge in [-0.15, -0.1) is 0 Å². The standard InChI is InChI=1S/C9H13N3O2S/c10-9(11)12-6-7-15(13,14)8-4-2-1-3-5-8/h1-5H,6-7H2,(H4,10,11,12). The second-order valence-corrected chi connectivity index (χ2v) is 5.05. The SMILES string of the molecule is NC(N)=NCCS(=O)(=O)c1ccccc1. The smallest absolute Gasteiger partial charge is 0.185 e. The van der Waals surface area contributed by atoms with Gasteiger partial charge in [-0.2, -0.15) is 0 Å². The highest BCUT2D eigenvalue weighted by Crippen LogP contribution is 2.09. The molecule has 0 heterocycles. The molecule has 1 aromatic carbocycles. The van der Waals surface area contributed by atoms with Crippen molar-refractivity contribution in [3.63, 3.8) is 0 Å². The van der Waals surface area contributed by atoms with Gasteiger partial charge in [0.25, 0.3) is 0 Å². The summed E-state index contributed by atoms with van der Waals surface area (Å²) in [6, 6.07) is 8.20. The number of nitrogens with zero attached hydrogens (tertiary/aromatic N) is 1. The van der Waals surface area contributed by atoms with Crippen LogP contribution in [0.4, 0.5) is 0 Å². The summed E-state index contributed by atoms with van der Waals surface area (Å²) in [6.07, 6.45) is 0. The van der Waals surface area contributed by atoms with Crippen LogP contribution in [0.25, 0.3) is 0 Å². The van der Waals surface area contributed by atoms with Gasteiger partial charge in [0.05, 0.1) is 17.2 Å². The fourth-order valence-corrected chi connectivity index (χ4v) is 2.18. The number of hydrogen-bond donors (Lipinski definition) is 2. The van der Waals surface area contributed by atoms with E-state index in [2.05, 4.69) is 4.99 Å². The van der Waals surface area contributed by atoms with Gasteiger partial charge >= 0.3 is 0 Å². The van der Waals surface area contributed by atoms with Crippen molar-refractivity contribution in [2.45, 2.75) is 4.90 Å². The van der Waals surface area contributed by atoms with Crippen LogP contribution in [-0.4, -0.2) is 26.7 Å². The first kappa shape index (κ1) is 11.5. The lowest BCUT2D eigenvalue weighted by Crippen LogP contribution is -2.24. The summed E-state index contributed by atoms with van der Waals surface area (Å²) < 4.78 is 23.3. The van der Waals surface area contributed by atoms with Gasteiger partial charge in [0, 0.05) is 0 Å². The maximum absolute atomic E-state index is 11.7. The minimum absolute atomic E-state index is 0.0829. The quantitative estimate of drug-likeness (QED) is 0.546. The first-order valence-electron chi connectivity index (χ1n) is 4.35. The molecule has 0 aliphatic carbocycles. The number of rotatable bonds is 4. The molecule has 15 heavy (non-hydrogen) atoms. The van der Waals surface area contributed by atoms with E-state index in [9.17, 15) is 8.42 Å². The third kappa shape index (κ3) is 3.59. The Morgan fingerprint density at radius 1 is 1.20 bits per heavy atom. The number of guanidine groups is 1. The molecule has 0 unspecified atom stereocenters. The third-order valence-corrected chi connectivity index (χ3v) is 3.47. The topological polar surface area (TPSA) is 98.5 Å². The molecule has 0 amide bonds. The predicted octanol–water partition coefficient (Wildman–Crippen LogP) is -0.266. The minimum atomic E-state index is -3.27. The molecule has 0 aromatic heterocycles. The van der Waals surface area contributed by atoms with Crippen LogP contribution >= 0.6 is 0 Å². The van der Waals surface area contributed by atoms with Gasteiger partial charge in [-0.25, -0.2) is 8.42 Å². The summed E-state index contributed by atoms with van der Waals surface area (Å²) in [5, 5.41) is 0. The Morgan fingerprint density at radius 3 is 2.33 bits per heavy atom. The second kappa shape index (κ2) is 4.79. The Labute approximate surface area is 88.7 Å². The summed E-state index contributed by atoms with van der Waals surface area (Å²) in [5.41, 5.74) is 10.2. The van der Waals surface area contributed by atoms with Crippen LogP contribution in [0.3, 0.4) is 0 Å². The molecule has 0 radical (unpaired) electrons. The highest BCUT2D eigenvalue weighted by molar-refractivity contribution is 7.91. The second-order valence-electron chi connectivity index (χ2n) is 2.94. The molecule has 0 atom stereocenters. The van der Waals surface area contributed by atoms with Crippen LogP contribution in [0, 0.1) is 0 Å². The molecular formula is C9H13N3O2S. The minimum Gasteiger partial charge on any atom is -0.370 e. The molecule has 5 nitrogen and oxygen atoms in total. The van der Waals surface area contributed by atoms with Crippen LogP contribution in [0.2, 0.25) is 0 Å². The first-order chi connectivity index (χ1) is 7.02. The predicted molar refractivity (Wildman–Crippen MR) is 59.2 cm³/mol. The Morgan fingerprint density at radius 2 is 1.80 bits per heavy atom. The van der Waals surface area contributed by atoms with Crippen LogP contribution < -0.4 is 11.5 Å². The van der Waals surface area contributed by atoms with Crippen LogP contribution in [-0.2, 0) is 9.84 Å². The maximum atomic E-state index is 11.7. The zero-order valence-corrected chi connectivity index (χ0v) is 8.94. The van der Waals surface area contributed by atoms with E-state index in [-0.39, 0.29) is 23.2 Å². The Balaban J connectivity index is 2.73. The molecule has 0 aliphatic heterocycles. The van der Waals surface area contributed by atoms with E-state index in [4.69, 9.17) is 11.5 Å². The monoisotopic (exact) mass is 227 g/mol. The molecule has 1 aromatic rings. The average Bonchev–Trinajstić information content (AvgIpc) is 2.18. The van der Waals surface area contributed by atoms with E-state index >= 15 is 0 Å². The first-order valence-corrected chi connectivity index (χ1v) is 6.01. The number of sulfone groups is 1. The zero-order chi connectivity index (χ0) is 11.3. The molecule has 1 rings (SSSR count). The van der Waals surface area contributed by atoms with Crippen molar-refractivity contribution in [2.75, 3.05) is 12.3 Å². The van der Waals surface area contributed by atoms with E-state index in [1.54, 1.807) is 30.3 Å². The highest BCUT2D eigenvalue weighted by Gasteiger charge is 2.12. The molecule has 4 N–H and O–H groups in total. The van der Waals surface area contributed by atoms with E-state index in [1.165, 1.54) is 0 Å². The van der Waals surface area contributed by atoms with Crippen molar-refractivity contribution < 1.29 is 8.42 Å². The van der Waals surface area contributed by atoms with Gasteiger partial charge in [-0.3, -0.25) is 4.99 Å². The fourth-order valence-electron chi connectivity index (χ4n) is 1.04. The Kier molecular flexibility index (Phi) is 3.68. The maximum Gasteiger partial charge on any atom is 0.185 e. The average molecular weight is 227 g/mol. The number of aliphatic imine (C=N–C) groups is 1. The van der Waals surface area contributed by atoms with Crippen molar-refractivity contribution >= 4 is 15.8 Å². The number of nitrogens with two attached hydrogens (primary N) is 2. The van der Waals surface area contributed by atoms with Gasteiger partial charge in [-0.1, -0.05) is 18.2 Å². The van der Waals surface area contributed by atoms with E-state index < -0.39 is 9.84 Å². The lowest BCUT2D eigenvalue weighted by Gasteiger charge is -2.01. The van der Waals surface area contributed by atoms with Crippen LogP contribution in [0.15, 0.2) is 40.2 Å². The molecule has 82 valence electrons. The summed E-state index contributed by atoms with van der Waals surface area (Å²) in [6.45, 7) is 0.0829. The third-order valence-electron chi connectivity index (χ3n) is 1.76. The Hall–Kier alpha value is -1.56. The lowest BCUT2D eigenvalue weighted by atomic mass is 10.4. The lowest BCUT2D eigenvalue weighted by molar-refractivity contribution is 0.596. The summed E-state index contributed by atoms with van der Waals surface area (Å²) >= 11 is 0. The number of benzene rings is 1. The van der Waals surface area contributed by atoms with Crippen LogP contribution in [0.5, 0.6) is 0 Å². The van der Waals surface area contributed by atoms with Gasteiger partial charge < -0.3 is 11.5 Å². The molecular weight excluding hydrogens is 214 g/mol. The molecule has 0 saturated carbocycles. The Bertz CT molecular complexity index is 436. The molecule has 0 spiro atoms. The summed E-state index contributed by atoms with van der Waals surface area (Å²) in [5.74, 6) is -0.187. The van der Waals surface area contributed by atoms with Gasteiger partial charge in [0.15, 0.2) is 15.8 Å². The van der Waals surface area contributed by atoms with Gasteiger partial charge in [0.2, 0.25) is 0 Å². The van der Waals surface area contributed by atoms with Gasteiger partial charge in [-0.05, 0) is 12.1 Å². The summed E-state index contributed by atoms with van der Waals surface area (Å²) in [4.78, 5) is 3.92. The van der Waals surface area contributed by atoms with E-state index in [0.717, 1.165) is 0 Å². The largest absolute Gasteiger partial charge is 0.370 e. The molecule has 0 saturated heterocycles. The van der Waals surface area contributed by atoms with Gasteiger partial charge in [0.1, 0.15) is 0 Å². The fraction of sp³-hybridized carbons (Fsp3) is 0.222. The number of hydrogen-bond acceptors (Lipinski definition) is 3. The van der Waals surface area contributed by atoms with E-state index in [1.807, 2.05) is 0 Å². The summed E-state index contributed by atoms with van der Waals surface area (Å²) in [7, 11) is -3.27. The van der Waals surface area contributed by atoms with Crippen molar-refractivity contribution in [1.82, 2.24) is 0 Å². The molecule has 0 aliphatic rings. The molecule has 6 heteroatoms. The highest BCUT2D eigenvalue weighted by atomic mass is 32.2. The molecule has 0 bridgehead atoms. The van der Waals surface area contributed by atoms with Crippen LogP contribution in [0.1, 0.15) is 0 Å². The zero-order valence-electron chi connectivity index (χ0n) is 8.13. The normalized spacial score (nSPS) is 10.9. The van der Waals surface area contributed by atoms with Crippen molar-refractivity contribution in [3.05, 3.63) is 30.3 Å². The van der Waals surface area contributed by atoms with Crippen molar-refractivity contribution in [1.29, 1.82) is 0 Å². The van der Waals surface area contributed by atoms with Crippen molar-refractivity contribution in [3.8, 4) is 0 Å². The van der Waals surface area contributed by atoms with E-state index in [0.29, 0.717) is 0 Å². The van der Waals surface area contributed by atoms with Crippen molar-refractivity contribution in [2.24, 2.45) is 16.5 Å².